The molecule has 0 amide bonds. The highest BCUT2D eigenvalue weighted by Crippen LogP contribution is 2.38. The summed E-state index contributed by atoms with van der Waals surface area (Å²) in [6, 6.07) is 6.16. The predicted molar refractivity (Wildman–Crippen MR) is 116 cm³/mol. The van der Waals surface area contributed by atoms with E-state index in [1.54, 1.807) is 0 Å². The van der Waals surface area contributed by atoms with Gasteiger partial charge in [-0.05, 0) is 61.8 Å². The number of nitrogen functional groups attached to an aromatic ring is 2. The molecule has 3 heterocycles. The lowest BCUT2D eigenvalue weighted by Gasteiger charge is -2.31. The van der Waals surface area contributed by atoms with Crippen LogP contribution in [0.2, 0.25) is 0 Å². The second-order valence-corrected chi connectivity index (χ2v) is 8.37. The van der Waals surface area contributed by atoms with Crippen molar-refractivity contribution in [1.29, 1.82) is 0 Å². The zero-order valence-electron chi connectivity index (χ0n) is 15.2. The van der Waals surface area contributed by atoms with Crippen molar-refractivity contribution in [2.75, 3.05) is 22.9 Å². The largest absolute Gasteiger partial charge is 0.398 e. The number of nitrogens with zero attached hydrogens (tertiary/aromatic N) is 3. The van der Waals surface area contributed by atoms with E-state index in [0.717, 1.165) is 54.0 Å². The van der Waals surface area contributed by atoms with Crippen LogP contribution in [0.25, 0.3) is 10.2 Å². The van der Waals surface area contributed by atoms with E-state index in [4.69, 9.17) is 16.5 Å². The number of nitrogens with two attached hydrogens (primary N) is 2. The Kier molecular flexibility index (Phi) is 4.86. The summed E-state index contributed by atoms with van der Waals surface area (Å²) in [5, 5.41) is 1.11. The van der Waals surface area contributed by atoms with Gasteiger partial charge in [-0.25, -0.2) is 9.97 Å². The molecule has 1 aliphatic heterocycles. The van der Waals surface area contributed by atoms with Gasteiger partial charge in [0.15, 0.2) is 5.82 Å². The Morgan fingerprint density at radius 1 is 1.00 bits per heavy atom. The molecule has 0 saturated heterocycles. The maximum Gasteiger partial charge on any atom is 0.151 e. The summed E-state index contributed by atoms with van der Waals surface area (Å²) < 4.78 is 0. The molecule has 0 radical (unpaired) electrons. The van der Waals surface area contributed by atoms with Crippen LogP contribution in [0.4, 0.5) is 17.2 Å². The molecule has 5 nitrogen and oxygen atoms in total. The summed E-state index contributed by atoms with van der Waals surface area (Å²) in [6.45, 7) is 1.68. The number of thiophene rings is 1. The highest BCUT2D eigenvalue weighted by molar-refractivity contribution is 7.19. The normalized spacial score (nSPS) is 15.9. The smallest absolute Gasteiger partial charge is 0.151 e. The van der Waals surface area contributed by atoms with Crippen LogP contribution in [0.5, 0.6) is 0 Å². The molecule has 0 spiro atoms. The molecule has 7 heteroatoms. The number of hydrogen-bond acceptors (Lipinski definition) is 6. The third-order valence-corrected chi connectivity index (χ3v) is 6.79. The Hall–Kier alpha value is -2.05. The molecule has 2 aromatic heterocycles. The van der Waals surface area contributed by atoms with E-state index in [1.165, 1.54) is 34.5 Å². The van der Waals surface area contributed by atoms with Crippen LogP contribution in [0, 0.1) is 0 Å². The van der Waals surface area contributed by atoms with E-state index in [0.29, 0.717) is 12.4 Å². The predicted octanol–water partition coefficient (Wildman–Crippen LogP) is 4.11. The summed E-state index contributed by atoms with van der Waals surface area (Å²) >= 11 is 1.81. The molecule has 142 valence electrons. The summed E-state index contributed by atoms with van der Waals surface area (Å²) in [7, 11) is 0. The van der Waals surface area contributed by atoms with Gasteiger partial charge >= 0.3 is 0 Å². The molecule has 0 saturated carbocycles. The van der Waals surface area contributed by atoms with Crippen LogP contribution >= 0.6 is 23.7 Å². The van der Waals surface area contributed by atoms with Crippen LogP contribution in [0.15, 0.2) is 18.2 Å². The van der Waals surface area contributed by atoms with Crippen LogP contribution in [0.1, 0.15) is 41.1 Å². The monoisotopic (exact) mass is 401 g/mol. The number of aryl methyl sites for hydroxylation is 2. The number of fused-ring (bicyclic) bond motifs is 4. The molecule has 1 aromatic carbocycles. The fraction of sp³-hybridized carbons (Fsp3) is 0.400. The van der Waals surface area contributed by atoms with Crippen molar-refractivity contribution in [3.8, 4) is 0 Å². The maximum absolute atomic E-state index is 6.37. The second kappa shape index (κ2) is 7.17. The summed E-state index contributed by atoms with van der Waals surface area (Å²) in [5.41, 5.74) is 17.3. The molecule has 0 bridgehead atoms. The maximum atomic E-state index is 6.37. The molecular weight excluding hydrogens is 378 g/mol. The Balaban J connectivity index is 0.00000180. The number of halogens is 1. The molecule has 0 atom stereocenters. The van der Waals surface area contributed by atoms with Gasteiger partial charge in [0.2, 0.25) is 0 Å². The molecule has 1 aliphatic carbocycles. The Morgan fingerprint density at radius 2 is 1.81 bits per heavy atom. The second-order valence-electron chi connectivity index (χ2n) is 7.29. The number of hydrogen-bond donors (Lipinski definition) is 2. The fourth-order valence-corrected chi connectivity index (χ4v) is 5.65. The van der Waals surface area contributed by atoms with Gasteiger partial charge in [-0.1, -0.05) is 6.07 Å². The zero-order valence-corrected chi connectivity index (χ0v) is 16.8. The van der Waals surface area contributed by atoms with Crippen molar-refractivity contribution in [2.45, 2.75) is 45.1 Å². The van der Waals surface area contributed by atoms with Crippen molar-refractivity contribution >= 4 is 51.2 Å². The van der Waals surface area contributed by atoms with Gasteiger partial charge in [-0.2, -0.15) is 0 Å². The molecule has 0 fully saturated rings. The number of anilines is 3. The first-order chi connectivity index (χ1) is 12.7. The fourth-order valence-electron chi connectivity index (χ4n) is 4.37. The van der Waals surface area contributed by atoms with Gasteiger partial charge in [-0.3, -0.25) is 0 Å². The van der Waals surface area contributed by atoms with Gasteiger partial charge in [0.05, 0.1) is 11.9 Å². The number of rotatable bonds is 2. The number of aromatic nitrogens is 2. The molecule has 27 heavy (non-hydrogen) atoms. The minimum Gasteiger partial charge on any atom is -0.398 e. The van der Waals surface area contributed by atoms with E-state index < -0.39 is 0 Å². The molecule has 4 N–H and O–H groups in total. The Labute approximate surface area is 169 Å². The van der Waals surface area contributed by atoms with Gasteiger partial charge in [-0.15, -0.1) is 23.7 Å². The van der Waals surface area contributed by atoms with Crippen molar-refractivity contribution in [3.05, 3.63) is 40.0 Å². The molecule has 3 aromatic rings. The van der Waals surface area contributed by atoms with Gasteiger partial charge in [0, 0.05) is 22.8 Å². The van der Waals surface area contributed by atoms with Crippen LogP contribution in [-0.2, 0) is 25.8 Å². The van der Waals surface area contributed by atoms with Crippen LogP contribution in [0.3, 0.4) is 0 Å². The lowest BCUT2D eigenvalue weighted by atomic mass is 9.97. The minimum absolute atomic E-state index is 0. The summed E-state index contributed by atoms with van der Waals surface area (Å²) in [5.74, 6) is 1.46. The third kappa shape index (κ3) is 3.11. The van der Waals surface area contributed by atoms with E-state index in [1.807, 2.05) is 23.5 Å². The highest BCUT2D eigenvalue weighted by Gasteiger charge is 2.23. The van der Waals surface area contributed by atoms with Gasteiger partial charge < -0.3 is 16.4 Å². The van der Waals surface area contributed by atoms with Crippen LogP contribution in [-0.4, -0.2) is 16.5 Å². The first kappa shape index (κ1) is 18.3. The third-order valence-electron chi connectivity index (χ3n) is 5.60. The van der Waals surface area contributed by atoms with E-state index in [2.05, 4.69) is 16.0 Å². The van der Waals surface area contributed by atoms with E-state index >= 15 is 0 Å². The molecule has 5 rings (SSSR count). The van der Waals surface area contributed by atoms with Crippen LogP contribution < -0.4 is 16.4 Å². The lowest BCUT2D eigenvalue weighted by molar-refractivity contribution is 0.677. The topological polar surface area (TPSA) is 81.1 Å². The average molecular weight is 402 g/mol. The van der Waals surface area contributed by atoms with Crippen molar-refractivity contribution < 1.29 is 0 Å². The number of benzene rings is 1. The van der Waals surface area contributed by atoms with E-state index in [-0.39, 0.29) is 12.4 Å². The molecule has 0 unspecified atom stereocenters. The molecule has 2 aliphatic rings. The van der Waals surface area contributed by atoms with Crippen molar-refractivity contribution in [2.24, 2.45) is 0 Å². The quantitative estimate of drug-likeness (QED) is 0.631. The minimum atomic E-state index is 0. The van der Waals surface area contributed by atoms with Crippen molar-refractivity contribution in [3.63, 3.8) is 0 Å². The Morgan fingerprint density at radius 3 is 2.70 bits per heavy atom. The summed E-state index contributed by atoms with van der Waals surface area (Å²) in [4.78, 5) is 14.4. The average Bonchev–Trinajstić information content (AvgIpc) is 3.01. The standard InChI is InChI=1S/C20H23N5S.ClH/c21-14-7-3-8-15-12(14)6-4-10-25(15)11-17-23-19(22)18-13-5-1-2-9-16(13)26-20(18)24-17;/h3,7-8H,1-2,4-6,9-11,21H2,(H2,22,23,24);1H. The SMILES string of the molecule is Cl.Nc1cccc2c1CCCN2Cc1nc(N)c2c3c(sc2n1)CCCC3. The lowest BCUT2D eigenvalue weighted by Crippen LogP contribution is -2.30. The highest BCUT2D eigenvalue weighted by atomic mass is 35.5. The van der Waals surface area contributed by atoms with Gasteiger partial charge in [0.1, 0.15) is 10.6 Å². The molecular formula is C20H24ClN5S. The van der Waals surface area contributed by atoms with Gasteiger partial charge in [0.25, 0.3) is 0 Å². The van der Waals surface area contributed by atoms with E-state index in [9.17, 15) is 0 Å². The first-order valence-corrected chi connectivity index (χ1v) is 10.2. The first-order valence-electron chi connectivity index (χ1n) is 9.39. The van der Waals surface area contributed by atoms with Crippen molar-refractivity contribution in [1.82, 2.24) is 9.97 Å². The summed E-state index contributed by atoms with van der Waals surface area (Å²) in [6.07, 6.45) is 6.92. The zero-order chi connectivity index (χ0) is 17.7. The Bertz CT molecular complexity index is 1000.